The lowest BCUT2D eigenvalue weighted by molar-refractivity contribution is -0.0205. The van der Waals surface area contributed by atoms with Crippen molar-refractivity contribution in [3.05, 3.63) is 54.1 Å². The van der Waals surface area contributed by atoms with Gasteiger partial charge in [-0.15, -0.1) is 0 Å². The summed E-state index contributed by atoms with van der Waals surface area (Å²) in [6, 6.07) is 17.4. The van der Waals surface area contributed by atoms with Gasteiger partial charge in [0.15, 0.2) is 0 Å². The molecule has 1 nitrogen and oxygen atoms in total. The van der Waals surface area contributed by atoms with E-state index in [0.717, 1.165) is 5.69 Å². The third-order valence-corrected chi connectivity index (χ3v) is 9.00. The molecule has 3 fully saturated rings. The van der Waals surface area contributed by atoms with Gasteiger partial charge < -0.3 is 0 Å². The highest BCUT2D eigenvalue weighted by Gasteiger charge is 2.47. The Hall–Kier alpha value is -1.76. The summed E-state index contributed by atoms with van der Waals surface area (Å²) in [5.41, 5.74) is 6.32. The van der Waals surface area contributed by atoms with Crippen LogP contribution in [0.15, 0.2) is 53.5 Å². The zero-order valence-corrected chi connectivity index (χ0v) is 21.4. The first-order chi connectivity index (χ1) is 16.2. The number of fused-ring (bicyclic) bond motifs is 3. The minimum absolute atomic E-state index is 0.605. The summed E-state index contributed by atoms with van der Waals surface area (Å²) in [5, 5.41) is 2.46. The van der Waals surface area contributed by atoms with Gasteiger partial charge in [0, 0.05) is 0 Å². The highest BCUT2D eigenvalue weighted by atomic mass is 32.1. The van der Waals surface area contributed by atoms with E-state index in [1.807, 2.05) is 12.1 Å². The van der Waals surface area contributed by atoms with Gasteiger partial charge in [0.25, 0.3) is 0 Å². The Morgan fingerprint density at radius 1 is 0.758 bits per heavy atom. The van der Waals surface area contributed by atoms with Crippen molar-refractivity contribution >= 4 is 23.1 Å². The normalized spacial score (nSPS) is 23.9. The van der Waals surface area contributed by atoms with Gasteiger partial charge in [-0.25, -0.2) is 0 Å². The van der Waals surface area contributed by atoms with Gasteiger partial charge in [-0.1, -0.05) is 81.8 Å². The summed E-state index contributed by atoms with van der Waals surface area (Å²) < 4.78 is 0. The average molecular weight is 460 g/mol. The zero-order valence-electron chi connectivity index (χ0n) is 20.6. The summed E-state index contributed by atoms with van der Waals surface area (Å²) in [4.78, 5) is 4.09. The fourth-order valence-corrected chi connectivity index (χ4v) is 6.66. The molecule has 5 rings (SSSR count). The molecule has 2 bridgehead atoms. The number of benzene rings is 2. The quantitative estimate of drug-likeness (QED) is 0.175. The second-order valence-electron chi connectivity index (χ2n) is 10.9. The summed E-state index contributed by atoms with van der Waals surface area (Å²) in [7, 11) is 0. The fourth-order valence-electron chi connectivity index (χ4n) is 6.56. The maximum Gasteiger partial charge on any atom is 0.0739 e. The molecule has 0 heterocycles. The largest absolute Gasteiger partial charge is 0.195 e. The highest BCUT2D eigenvalue weighted by molar-refractivity contribution is 7.78. The SMILES string of the molecule is CCCCCCCCC12CCC(CCc3ccccc3-c3ccc(N=C=S)cc3)(CC1)CC2. The lowest BCUT2D eigenvalue weighted by atomic mass is 9.51. The maximum atomic E-state index is 4.73. The number of rotatable bonds is 12. The van der Waals surface area contributed by atoms with Crippen LogP contribution in [0.3, 0.4) is 0 Å². The smallest absolute Gasteiger partial charge is 0.0739 e. The highest BCUT2D eigenvalue weighted by Crippen LogP contribution is 2.60. The molecule has 0 atom stereocenters. The molecular formula is C31H41NS. The number of hydrogen-bond acceptors (Lipinski definition) is 2. The van der Waals surface area contributed by atoms with Crippen LogP contribution >= 0.6 is 12.2 Å². The molecule has 0 aliphatic heterocycles. The first kappa shape index (κ1) is 24.4. The van der Waals surface area contributed by atoms with Crippen molar-refractivity contribution in [3.63, 3.8) is 0 Å². The molecule has 2 heteroatoms. The van der Waals surface area contributed by atoms with Crippen LogP contribution in [0.25, 0.3) is 11.1 Å². The molecule has 3 aliphatic carbocycles. The summed E-state index contributed by atoms with van der Waals surface area (Å²) in [6.45, 7) is 2.31. The monoisotopic (exact) mass is 459 g/mol. The van der Waals surface area contributed by atoms with Crippen LogP contribution in [0.2, 0.25) is 0 Å². The molecule has 0 saturated heterocycles. The van der Waals surface area contributed by atoms with Crippen LogP contribution in [-0.4, -0.2) is 5.16 Å². The third kappa shape index (κ3) is 6.23. The van der Waals surface area contributed by atoms with Gasteiger partial charge in [0.1, 0.15) is 0 Å². The van der Waals surface area contributed by atoms with E-state index < -0.39 is 0 Å². The topological polar surface area (TPSA) is 12.4 Å². The molecule has 33 heavy (non-hydrogen) atoms. The Bertz CT molecular complexity index is 913. The molecular weight excluding hydrogens is 418 g/mol. The van der Waals surface area contributed by atoms with Crippen molar-refractivity contribution < 1.29 is 0 Å². The van der Waals surface area contributed by atoms with Crippen molar-refractivity contribution in [1.82, 2.24) is 0 Å². The third-order valence-electron chi connectivity index (χ3n) is 8.91. The maximum absolute atomic E-state index is 4.73. The molecule has 0 N–H and O–H groups in total. The number of isothiocyanates is 1. The van der Waals surface area contributed by atoms with Gasteiger partial charge in [-0.3, -0.25) is 0 Å². The van der Waals surface area contributed by atoms with E-state index in [0.29, 0.717) is 10.8 Å². The predicted molar refractivity (Wildman–Crippen MR) is 145 cm³/mol. The molecule has 176 valence electrons. The van der Waals surface area contributed by atoms with Crippen LogP contribution < -0.4 is 0 Å². The Balaban J connectivity index is 1.32. The lowest BCUT2D eigenvalue weighted by Gasteiger charge is -2.54. The molecule has 3 aliphatic rings. The number of hydrogen-bond donors (Lipinski definition) is 0. The molecule has 0 amide bonds. The molecule has 0 radical (unpaired) electrons. The van der Waals surface area contributed by atoms with Gasteiger partial charge in [0.05, 0.1) is 10.8 Å². The summed E-state index contributed by atoms with van der Waals surface area (Å²) in [6.07, 6.45) is 21.5. The standard InChI is InChI=1S/C31H41NS/c1-2-3-4-5-6-9-17-30-19-22-31(23-20-30,24-21-30)18-16-26-10-7-8-11-29(26)27-12-14-28(15-13-27)32-25-33/h7-8,10-15H,2-6,9,16-24H2,1H3. The Morgan fingerprint density at radius 3 is 2.03 bits per heavy atom. The van der Waals surface area contributed by atoms with Crippen LogP contribution in [0, 0.1) is 10.8 Å². The molecule has 2 aromatic carbocycles. The Kier molecular flexibility index (Phi) is 8.55. The van der Waals surface area contributed by atoms with E-state index in [4.69, 9.17) is 12.2 Å². The van der Waals surface area contributed by atoms with E-state index in [1.165, 1.54) is 113 Å². The number of nitrogens with zero attached hydrogens (tertiary/aromatic N) is 1. The number of aliphatic imine (C=N–C) groups is 1. The minimum Gasteiger partial charge on any atom is -0.195 e. The first-order valence-electron chi connectivity index (χ1n) is 13.4. The molecule has 3 saturated carbocycles. The van der Waals surface area contributed by atoms with E-state index >= 15 is 0 Å². The molecule has 0 unspecified atom stereocenters. The Morgan fingerprint density at radius 2 is 1.36 bits per heavy atom. The number of thiocarbonyl (C=S) groups is 1. The number of aryl methyl sites for hydroxylation is 1. The van der Waals surface area contributed by atoms with E-state index in [2.05, 4.69) is 53.5 Å². The van der Waals surface area contributed by atoms with Crippen molar-refractivity contribution in [2.45, 2.75) is 103 Å². The van der Waals surface area contributed by atoms with Crippen molar-refractivity contribution in [2.75, 3.05) is 0 Å². The van der Waals surface area contributed by atoms with Crippen molar-refractivity contribution in [3.8, 4) is 11.1 Å². The van der Waals surface area contributed by atoms with E-state index in [9.17, 15) is 0 Å². The minimum atomic E-state index is 0.605. The zero-order chi connectivity index (χ0) is 23.0. The lowest BCUT2D eigenvalue weighted by Crippen LogP contribution is -2.41. The summed E-state index contributed by atoms with van der Waals surface area (Å²) in [5.74, 6) is 0. The fraction of sp³-hybridized carbons (Fsp3) is 0.581. The predicted octanol–water partition coefficient (Wildman–Crippen LogP) is 10.1. The van der Waals surface area contributed by atoms with Crippen molar-refractivity contribution in [2.24, 2.45) is 15.8 Å². The first-order valence-corrected chi connectivity index (χ1v) is 13.8. The molecule has 0 spiro atoms. The average Bonchev–Trinajstić information content (AvgIpc) is 2.87. The van der Waals surface area contributed by atoms with Gasteiger partial charge in [0.2, 0.25) is 0 Å². The summed E-state index contributed by atoms with van der Waals surface area (Å²) >= 11 is 4.73. The van der Waals surface area contributed by atoms with Gasteiger partial charge in [-0.05, 0) is 110 Å². The molecule has 2 aromatic rings. The number of unbranched alkanes of at least 4 members (excludes halogenated alkanes) is 5. The van der Waals surface area contributed by atoms with Gasteiger partial charge in [-0.2, -0.15) is 4.99 Å². The second-order valence-corrected chi connectivity index (χ2v) is 11.1. The molecule has 0 aromatic heterocycles. The van der Waals surface area contributed by atoms with Gasteiger partial charge >= 0.3 is 0 Å². The van der Waals surface area contributed by atoms with E-state index in [1.54, 1.807) is 0 Å². The van der Waals surface area contributed by atoms with Crippen LogP contribution in [0.1, 0.15) is 102 Å². The second kappa shape index (κ2) is 11.6. The van der Waals surface area contributed by atoms with Crippen molar-refractivity contribution in [1.29, 1.82) is 0 Å². The van der Waals surface area contributed by atoms with Crippen LogP contribution in [0.5, 0.6) is 0 Å². The van der Waals surface area contributed by atoms with E-state index in [-0.39, 0.29) is 0 Å². The van der Waals surface area contributed by atoms with Crippen LogP contribution in [-0.2, 0) is 6.42 Å². The van der Waals surface area contributed by atoms with Crippen LogP contribution in [0.4, 0.5) is 5.69 Å². The Labute approximate surface area is 207 Å².